The Bertz CT molecular complexity index is 707. The summed E-state index contributed by atoms with van der Waals surface area (Å²) in [6, 6.07) is 7.94. The summed E-state index contributed by atoms with van der Waals surface area (Å²) in [5.74, 6) is 0.906. The molecule has 4 N–H and O–H groups in total. The maximum Gasteiger partial charge on any atom is 0.174 e. The molecule has 0 saturated carbocycles. The van der Waals surface area contributed by atoms with Crippen molar-refractivity contribution in [2.24, 2.45) is 0 Å². The molecule has 0 saturated heterocycles. The smallest absolute Gasteiger partial charge is 0.174 e. The molecule has 0 atom stereocenters. The predicted octanol–water partition coefficient (Wildman–Crippen LogP) is 3.05. The Morgan fingerprint density at radius 2 is 2.17 bits per heavy atom. The molecule has 0 aliphatic heterocycles. The van der Waals surface area contributed by atoms with Crippen molar-refractivity contribution in [2.45, 2.75) is 0 Å². The SMILES string of the molecule is Nc1ncc(Br)nc1Nc1cccc2[nH]ccc12. The van der Waals surface area contributed by atoms with Gasteiger partial charge in [0.05, 0.1) is 6.20 Å². The van der Waals surface area contributed by atoms with Crippen molar-refractivity contribution < 1.29 is 0 Å². The van der Waals surface area contributed by atoms with Crippen LogP contribution in [0.3, 0.4) is 0 Å². The Balaban J connectivity index is 2.06. The highest BCUT2D eigenvalue weighted by Gasteiger charge is 2.06. The third-order valence-electron chi connectivity index (χ3n) is 2.62. The number of halogens is 1. The van der Waals surface area contributed by atoms with E-state index in [-0.39, 0.29) is 0 Å². The van der Waals surface area contributed by atoms with Crippen LogP contribution >= 0.6 is 15.9 Å². The second-order valence-corrected chi connectivity index (χ2v) is 4.61. The van der Waals surface area contributed by atoms with Gasteiger partial charge in [0, 0.05) is 22.8 Å². The monoisotopic (exact) mass is 303 g/mol. The normalized spacial score (nSPS) is 10.7. The number of hydrogen-bond donors (Lipinski definition) is 3. The summed E-state index contributed by atoms with van der Waals surface area (Å²) in [4.78, 5) is 11.5. The van der Waals surface area contributed by atoms with E-state index in [9.17, 15) is 0 Å². The molecule has 1 aromatic carbocycles. The number of nitrogens with one attached hydrogen (secondary N) is 2. The van der Waals surface area contributed by atoms with Crippen LogP contribution in [0.25, 0.3) is 10.9 Å². The van der Waals surface area contributed by atoms with Crippen molar-refractivity contribution >= 4 is 44.2 Å². The van der Waals surface area contributed by atoms with Gasteiger partial charge >= 0.3 is 0 Å². The summed E-state index contributed by atoms with van der Waals surface area (Å²) in [5, 5.41) is 4.28. The molecule has 0 aliphatic carbocycles. The van der Waals surface area contributed by atoms with Crippen LogP contribution in [0.15, 0.2) is 41.3 Å². The third-order valence-corrected chi connectivity index (χ3v) is 3.00. The van der Waals surface area contributed by atoms with Gasteiger partial charge in [-0.3, -0.25) is 0 Å². The van der Waals surface area contributed by atoms with Crippen molar-refractivity contribution in [1.29, 1.82) is 0 Å². The fraction of sp³-hybridized carbons (Fsp3) is 0. The molecule has 6 heteroatoms. The van der Waals surface area contributed by atoms with Crippen LogP contribution in [-0.4, -0.2) is 15.0 Å². The number of nitrogen functional groups attached to an aromatic ring is 1. The first-order valence-corrected chi connectivity index (χ1v) is 6.14. The minimum atomic E-state index is 0.366. The van der Waals surface area contributed by atoms with E-state index in [1.54, 1.807) is 6.20 Å². The van der Waals surface area contributed by atoms with Crippen molar-refractivity contribution in [3.63, 3.8) is 0 Å². The Kier molecular flexibility index (Phi) is 2.64. The fourth-order valence-corrected chi connectivity index (χ4v) is 2.07. The zero-order chi connectivity index (χ0) is 12.5. The van der Waals surface area contributed by atoms with Crippen LogP contribution in [0.4, 0.5) is 17.3 Å². The third kappa shape index (κ3) is 1.91. The predicted molar refractivity (Wildman–Crippen MR) is 75.7 cm³/mol. The first-order chi connectivity index (χ1) is 8.74. The average Bonchev–Trinajstić information content (AvgIpc) is 2.83. The number of aromatic amines is 1. The van der Waals surface area contributed by atoms with Crippen molar-refractivity contribution in [3.05, 3.63) is 41.3 Å². The number of aromatic nitrogens is 3. The number of nitrogens with two attached hydrogens (primary N) is 1. The molecule has 3 rings (SSSR count). The number of anilines is 3. The average molecular weight is 304 g/mol. The highest BCUT2D eigenvalue weighted by molar-refractivity contribution is 9.10. The van der Waals surface area contributed by atoms with Gasteiger partial charge in [0.1, 0.15) is 4.60 Å². The molecular weight excluding hydrogens is 294 g/mol. The summed E-state index contributed by atoms with van der Waals surface area (Å²) < 4.78 is 0.639. The van der Waals surface area contributed by atoms with Crippen LogP contribution in [0.2, 0.25) is 0 Å². The summed E-state index contributed by atoms with van der Waals surface area (Å²) in [5.41, 5.74) is 7.79. The molecule has 0 spiro atoms. The largest absolute Gasteiger partial charge is 0.381 e. The van der Waals surface area contributed by atoms with Gasteiger partial charge in [0.15, 0.2) is 11.6 Å². The molecule has 0 bridgehead atoms. The van der Waals surface area contributed by atoms with Crippen molar-refractivity contribution in [3.8, 4) is 0 Å². The van der Waals surface area contributed by atoms with E-state index in [1.807, 2.05) is 30.5 Å². The topological polar surface area (TPSA) is 79.6 Å². The molecule has 3 aromatic rings. The first-order valence-electron chi connectivity index (χ1n) is 5.35. The number of benzene rings is 1. The summed E-state index contributed by atoms with van der Waals surface area (Å²) in [6.07, 6.45) is 3.46. The lowest BCUT2D eigenvalue weighted by atomic mass is 10.2. The molecule has 0 radical (unpaired) electrons. The summed E-state index contributed by atoms with van der Waals surface area (Å²) in [6.45, 7) is 0. The number of rotatable bonds is 2. The molecule has 90 valence electrons. The van der Waals surface area contributed by atoms with E-state index < -0.39 is 0 Å². The minimum Gasteiger partial charge on any atom is -0.381 e. The molecule has 0 unspecified atom stereocenters. The van der Waals surface area contributed by atoms with Crippen LogP contribution in [0.5, 0.6) is 0 Å². The molecule has 2 heterocycles. The quantitative estimate of drug-likeness (QED) is 0.680. The van der Waals surface area contributed by atoms with Gasteiger partial charge in [-0.25, -0.2) is 9.97 Å². The Morgan fingerprint density at radius 1 is 1.28 bits per heavy atom. The standard InChI is InChI=1S/C12H10BrN5/c13-10-6-16-11(14)12(18-10)17-9-3-1-2-8-7(9)4-5-15-8/h1-6,15H,(H2,14,16)(H,17,18). The van der Waals surface area contributed by atoms with Gasteiger partial charge in [0.25, 0.3) is 0 Å². The Hall–Kier alpha value is -2.08. The highest BCUT2D eigenvalue weighted by Crippen LogP contribution is 2.27. The lowest BCUT2D eigenvalue weighted by Gasteiger charge is -2.08. The molecule has 0 amide bonds. The molecule has 5 nitrogen and oxygen atoms in total. The second-order valence-electron chi connectivity index (χ2n) is 3.80. The number of H-pyrrole nitrogens is 1. The molecule has 2 aromatic heterocycles. The fourth-order valence-electron chi connectivity index (χ4n) is 1.79. The number of nitrogens with zero attached hydrogens (tertiary/aromatic N) is 2. The Labute approximate surface area is 112 Å². The molecular formula is C12H10BrN5. The number of hydrogen-bond acceptors (Lipinski definition) is 4. The van der Waals surface area contributed by atoms with E-state index in [2.05, 4.69) is 36.2 Å². The molecule has 18 heavy (non-hydrogen) atoms. The van der Waals surface area contributed by atoms with Crippen LogP contribution < -0.4 is 11.1 Å². The summed E-state index contributed by atoms with van der Waals surface area (Å²) >= 11 is 3.28. The van der Waals surface area contributed by atoms with Crippen LogP contribution in [0, 0.1) is 0 Å². The van der Waals surface area contributed by atoms with E-state index in [0.717, 1.165) is 16.6 Å². The van der Waals surface area contributed by atoms with Crippen molar-refractivity contribution in [2.75, 3.05) is 11.1 Å². The number of fused-ring (bicyclic) bond motifs is 1. The zero-order valence-electron chi connectivity index (χ0n) is 9.31. The van der Waals surface area contributed by atoms with E-state index in [1.165, 1.54) is 0 Å². The van der Waals surface area contributed by atoms with Crippen LogP contribution in [-0.2, 0) is 0 Å². The van der Waals surface area contributed by atoms with Crippen LogP contribution in [0.1, 0.15) is 0 Å². The Morgan fingerprint density at radius 3 is 3.06 bits per heavy atom. The van der Waals surface area contributed by atoms with Gasteiger partial charge < -0.3 is 16.0 Å². The van der Waals surface area contributed by atoms with Gasteiger partial charge in [0.2, 0.25) is 0 Å². The van der Waals surface area contributed by atoms with Gasteiger partial charge in [-0.1, -0.05) is 6.07 Å². The van der Waals surface area contributed by atoms with E-state index in [0.29, 0.717) is 16.2 Å². The second kappa shape index (κ2) is 4.30. The van der Waals surface area contributed by atoms with E-state index in [4.69, 9.17) is 5.73 Å². The maximum atomic E-state index is 5.79. The van der Waals surface area contributed by atoms with Gasteiger partial charge in [-0.05, 0) is 34.1 Å². The maximum absolute atomic E-state index is 5.79. The lowest BCUT2D eigenvalue weighted by Crippen LogP contribution is -2.01. The summed E-state index contributed by atoms with van der Waals surface area (Å²) in [7, 11) is 0. The molecule has 0 fully saturated rings. The minimum absolute atomic E-state index is 0.366. The van der Waals surface area contributed by atoms with Gasteiger partial charge in [-0.2, -0.15) is 0 Å². The zero-order valence-corrected chi connectivity index (χ0v) is 10.9. The van der Waals surface area contributed by atoms with Crippen molar-refractivity contribution in [1.82, 2.24) is 15.0 Å². The van der Waals surface area contributed by atoms with Gasteiger partial charge in [-0.15, -0.1) is 0 Å². The van der Waals surface area contributed by atoms with E-state index >= 15 is 0 Å². The highest BCUT2D eigenvalue weighted by atomic mass is 79.9. The molecule has 0 aliphatic rings. The lowest BCUT2D eigenvalue weighted by molar-refractivity contribution is 1.17. The first kappa shape index (κ1) is 11.0.